The number of rotatable bonds is 7. The van der Waals surface area contributed by atoms with Crippen molar-refractivity contribution in [2.75, 3.05) is 26.2 Å². The third-order valence-corrected chi connectivity index (χ3v) is 3.43. The Hall–Kier alpha value is -2.63. The van der Waals surface area contributed by atoms with Crippen LogP contribution < -0.4 is 0 Å². The number of amides is 3. The molecule has 0 radical (unpaired) electrons. The number of hydrogen-bond donors (Lipinski definition) is 0. The van der Waals surface area contributed by atoms with E-state index in [0.717, 1.165) is 0 Å². The maximum atomic E-state index is 11.5. The zero-order valence-electron chi connectivity index (χ0n) is 11.7. The first-order chi connectivity index (χ1) is 10.0. The molecule has 2 rings (SSSR count). The molecule has 0 aliphatic carbocycles. The van der Waals surface area contributed by atoms with Crippen LogP contribution >= 0.6 is 0 Å². The normalized spacial score (nSPS) is 17.3. The van der Waals surface area contributed by atoms with Crippen LogP contribution in [0, 0.1) is 0 Å². The van der Waals surface area contributed by atoms with Crippen molar-refractivity contribution in [1.29, 1.82) is 0 Å². The van der Waals surface area contributed by atoms with Gasteiger partial charge in [-0.2, -0.15) is 0 Å². The van der Waals surface area contributed by atoms with Gasteiger partial charge in [0, 0.05) is 49.7 Å². The van der Waals surface area contributed by atoms with E-state index in [9.17, 15) is 14.4 Å². The molecular formula is C15H17N3O3. The molecule has 0 aromatic heterocycles. The topological polar surface area (TPSA) is 60.9 Å². The Labute approximate surface area is 123 Å². The molecule has 0 spiro atoms. The third-order valence-electron chi connectivity index (χ3n) is 3.43. The van der Waals surface area contributed by atoms with Crippen LogP contribution in [0.5, 0.6) is 0 Å². The Morgan fingerprint density at radius 2 is 1.33 bits per heavy atom. The molecule has 0 saturated heterocycles. The van der Waals surface area contributed by atoms with E-state index in [1.807, 2.05) is 0 Å². The van der Waals surface area contributed by atoms with Crippen molar-refractivity contribution in [2.24, 2.45) is 0 Å². The largest absolute Gasteiger partial charge is 0.342 e. The number of allylic oxidation sites excluding steroid dienone is 2. The molecule has 110 valence electrons. The average molecular weight is 287 g/mol. The zero-order chi connectivity index (χ0) is 15.4. The summed E-state index contributed by atoms with van der Waals surface area (Å²) in [6, 6.07) is 0. The molecule has 0 atom stereocenters. The van der Waals surface area contributed by atoms with Gasteiger partial charge in [0.05, 0.1) is 0 Å². The Morgan fingerprint density at radius 1 is 0.905 bits per heavy atom. The minimum Gasteiger partial charge on any atom is -0.342 e. The molecule has 2 aliphatic rings. The molecular weight excluding hydrogens is 270 g/mol. The zero-order valence-corrected chi connectivity index (χ0v) is 11.7. The summed E-state index contributed by atoms with van der Waals surface area (Å²) in [6.07, 6.45) is 6.91. The average Bonchev–Trinajstić information content (AvgIpc) is 2.95. The second-order valence-corrected chi connectivity index (χ2v) is 4.77. The van der Waals surface area contributed by atoms with Gasteiger partial charge in [0.15, 0.2) is 0 Å². The Bertz CT molecular complexity index is 481. The lowest BCUT2D eigenvalue weighted by Gasteiger charge is -2.25. The van der Waals surface area contributed by atoms with Crippen LogP contribution in [0.15, 0.2) is 48.9 Å². The van der Waals surface area contributed by atoms with E-state index >= 15 is 0 Å². The summed E-state index contributed by atoms with van der Waals surface area (Å²) < 4.78 is 0. The van der Waals surface area contributed by atoms with E-state index in [0.29, 0.717) is 44.0 Å². The van der Waals surface area contributed by atoms with Crippen molar-refractivity contribution in [3.05, 3.63) is 48.9 Å². The van der Waals surface area contributed by atoms with Crippen LogP contribution in [0.2, 0.25) is 0 Å². The van der Waals surface area contributed by atoms with Gasteiger partial charge in [0.2, 0.25) is 6.41 Å². The number of carbonyl (C=O) groups excluding carboxylic acids is 3. The van der Waals surface area contributed by atoms with Gasteiger partial charge in [-0.3, -0.25) is 14.4 Å². The summed E-state index contributed by atoms with van der Waals surface area (Å²) in [5.74, 6) is -0.253. The molecule has 0 fully saturated rings. The molecule has 0 N–H and O–H groups in total. The predicted molar refractivity (Wildman–Crippen MR) is 77.6 cm³/mol. The van der Waals surface area contributed by atoms with Crippen LogP contribution in [0.1, 0.15) is 0 Å². The minimum atomic E-state index is -0.127. The molecule has 6 heteroatoms. The standard InChI is InChI=1S/C15H17N3O3/c1-12-3-5-14(20)17(12)9-7-16(11-19)8-10-18-13(2)4-6-15(18)21/h3-6,11H,1-2,7-10H2. The first kappa shape index (κ1) is 14.8. The number of carbonyl (C=O) groups is 3. The summed E-state index contributed by atoms with van der Waals surface area (Å²) in [4.78, 5) is 38.7. The maximum absolute atomic E-state index is 11.5. The van der Waals surface area contributed by atoms with Crippen molar-refractivity contribution in [1.82, 2.24) is 14.7 Å². The van der Waals surface area contributed by atoms with Gasteiger partial charge in [-0.05, 0) is 12.2 Å². The van der Waals surface area contributed by atoms with Crippen molar-refractivity contribution in [2.45, 2.75) is 0 Å². The van der Waals surface area contributed by atoms with Gasteiger partial charge in [0.1, 0.15) is 0 Å². The van der Waals surface area contributed by atoms with E-state index in [4.69, 9.17) is 0 Å². The van der Waals surface area contributed by atoms with E-state index in [2.05, 4.69) is 13.2 Å². The van der Waals surface area contributed by atoms with Gasteiger partial charge in [-0.15, -0.1) is 0 Å². The van der Waals surface area contributed by atoms with Crippen LogP contribution in [-0.2, 0) is 14.4 Å². The van der Waals surface area contributed by atoms with E-state index in [-0.39, 0.29) is 11.8 Å². The monoisotopic (exact) mass is 287 g/mol. The van der Waals surface area contributed by atoms with E-state index in [1.165, 1.54) is 26.9 Å². The Morgan fingerprint density at radius 3 is 1.62 bits per heavy atom. The third kappa shape index (κ3) is 3.28. The maximum Gasteiger partial charge on any atom is 0.251 e. The lowest BCUT2D eigenvalue weighted by atomic mass is 10.4. The van der Waals surface area contributed by atoms with Crippen molar-refractivity contribution in [3.63, 3.8) is 0 Å². The Kier molecular flexibility index (Phi) is 4.37. The lowest BCUT2D eigenvalue weighted by molar-refractivity contribution is -0.125. The number of hydrogen-bond acceptors (Lipinski definition) is 3. The van der Waals surface area contributed by atoms with E-state index < -0.39 is 0 Å². The molecule has 21 heavy (non-hydrogen) atoms. The summed E-state index contributed by atoms with van der Waals surface area (Å²) in [5.41, 5.74) is 1.25. The fraction of sp³-hybridized carbons (Fsp3) is 0.267. The predicted octanol–water partition coefficient (Wildman–Crippen LogP) is 0.269. The fourth-order valence-corrected chi connectivity index (χ4v) is 2.16. The van der Waals surface area contributed by atoms with Crippen LogP contribution in [0.4, 0.5) is 0 Å². The van der Waals surface area contributed by atoms with E-state index in [1.54, 1.807) is 12.2 Å². The van der Waals surface area contributed by atoms with Crippen LogP contribution in [-0.4, -0.2) is 59.1 Å². The quantitative estimate of drug-likeness (QED) is 0.631. The van der Waals surface area contributed by atoms with Gasteiger partial charge in [-0.25, -0.2) is 0 Å². The molecule has 6 nitrogen and oxygen atoms in total. The first-order valence-corrected chi connectivity index (χ1v) is 6.59. The van der Waals surface area contributed by atoms with Crippen molar-refractivity contribution >= 4 is 18.2 Å². The van der Waals surface area contributed by atoms with Crippen molar-refractivity contribution in [3.8, 4) is 0 Å². The molecule has 0 aromatic rings. The smallest absolute Gasteiger partial charge is 0.251 e. The summed E-state index contributed by atoms with van der Waals surface area (Å²) >= 11 is 0. The number of nitrogens with zero attached hydrogens (tertiary/aromatic N) is 3. The van der Waals surface area contributed by atoms with Gasteiger partial charge in [0.25, 0.3) is 11.8 Å². The summed E-state index contributed by atoms with van der Waals surface area (Å²) in [6.45, 7) is 9.06. The highest BCUT2D eigenvalue weighted by Crippen LogP contribution is 2.13. The molecule has 0 saturated carbocycles. The SMILES string of the molecule is C=C1C=CC(=O)N1CCN(C=O)CCN1C(=C)C=CC1=O. The molecule has 3 amide bonds. The molecule has 0 unspecified atom stereocenters. The van der Waals surface area contributed by atoms with Gasteiger partial charge >= 0.3 is 0 Å². The second-order valence-electron chi connectivity index (χ2n) is 4.77. The highest BCUT2D eigenvalue weighted by molar-refractivity contribution is 5.93. The van der Waals surface area contributed by atoms with Crippen LogP contribution in [0.25, 0.3) is 0 Å². The van der Waals surface area contributed by atoms with Crippen molar-refractivity contribution < 1.29 is 14.4 Å². The van der Waals surface area contributed by atoms with Crippen LogP contribution in [0.3, 0.4) is 0 Å². The molecule has 2 aliphatic heterocycles. The highest BCUT2D eigenvalue weighted by atomic mass is 16.2. The molecule has 0 aromatic carbocycles. The molecule has 2 heterocycles. The minimum absolute atomic E-state index is 0.127. The van der Waals surface area contributed by atoms with Gasteiger partial charge < -0.3 is 14.7 Å². The Balaban J connectivity index is 1.80. The highest BCUT2D eigenvalue weighted by Gasteiger charge is 2.21. The summed E-state index contributed by atoms with van der Waals surface area (Å²) in [7, 11) is 0. The molecule has 0 bridgehead atoms. The first-order valence-electron chi connectivity index (χ1n) is 6.59. The fourth-order valence-electron chi connectivity index (χ4n) is 2.16. The van der Waals surface area contributed by atoms with Gasteiger partial charge in [-0.1, -0.05) is 13.2 Å². The second kappa shape index (κ2) is 6.21. The summed E-state index contributed by atoms with van der Waals surface area (Å²) in [5, 5.41) is 0. The lowest BCUT2D eigenvalue weighted by Crippen LogP contribution is -2.39.